The van der Waals surface area contributed by atoms with Crippen molar-refractivity contribution in [1.82, 2.24) is 19.9 Å². The van der Waals surface area contributed by atoms with E-state index in [-0.39, 0.29) is 0 Å². The molecule has 1 aliphatic heterocycles. The molecule has 0 aromatic carbocycles. The fraction of sp³-hybridized carbons (Fsp3) is 0.263. The first-order chi connectivity index (χ1) is 12.9. The molecule has 7 nitrogen and oxygen atoms in total. The standard InChI is InChI=1S/C19H21N7/c1-2-8-21-18(5-1)25-10-12-26(13-11-25)19-22-9-6-17(24-19)23-15-16-4-3-7-20-14-16/h1-9,14H,10-13,15H2,(H,22,23,24). The summed E-state index contributed by atoms with van der Waals surface area (Å²) < 4.78 is 0. The lowest BCUT2D eigenvalue weighted by Gasteiger charge is -2.35. The summed E-state index contributed by atoms with van der Waals surface area (Å²) in [7, 11) is 0. The summed E-state index contributed by atoms with van der Waals surface area (Å²) in [5.74, 6) is 2.62. The van der Waals surface area contributed by atoms with E-state index in [4.69, 9.17) is 0 Å². The van der Waals surface area contributed by atoms with E-state index < -0.39 is 0 Å². The second-order valence-electron chi connectivity index (χ2n) is 6.12. The summed E-state index contributed by atoms with van der Waals surface area (Å²) in [6.07, 6.45) is 7.27. The summed E-state index contributed by atoms with van der Waals surface area (Å²) in [6, 6.07) is 11.9. The van der Waals surface area contributed by atoms with Gasteiger partial charge in [0.15, 0.2) is 0 Å². The normalized spacial score (nSPS) is 14.3. The number of anilines is 3. The minimum absolute atomic E-state index is 0.692. The number of nitrogens with zero attached hydrogens (tertiary/aromatic N) is 6. The van der Waals surface area contributed by atoms with Crippen LogP contribution in [0.15, 0.2) is 61.2 Å². The predicted octanol–water partition coefficient (Wildman–Crippen LogP) is 2.21. The first kappa shape index (κ1) is 16.3. The lowest BCUT2D eigenvalue weighted by Crippen LogP contribution is -2.47. The highest BCUT2D eigenvalue weighted by atomic mass is 15.3. The molecular weight excluding hydrogens is 326 g/mol. The van der Waals surface area contributed by atoms with Crippen molar-refractivity contribution in [2.45, 2.75) is 6.54 Å². The Morgan fingerprint density at radius 3 is 2.50 bits per heavy atom. The molecule has 4 heterocycles. The molecule has 7 heteroatoms. The summed E-state index contributed by atoms with van der Waals surface area (Å²) in [5.41, 5.74) is 1.12. The number of rotatable bonds is 5. The van der Waals surface area contributed by atoms with Crippen molar-refractivity contribution in [2.75, 3.05) is 41.3 Å². The summed E-state index contributed by atoms with van der Waals surface area (Å²) in [6.45, 7) is 4.27. The predicted molar refractivity (Wildman–Crippen MR) is 102 cm³/mol. The molecule has 1 aliphatic rings. The molecule has 3 aromatic heterocycles. The van der Waals surface area contributed by atoms with Crippen LogP contribution in [-0.4, -0.2) is 46.1 Å². The van der Waals surface area contributed by atoms with Crippen LogP contribution < -0.4 is 15.1 Å². The fourth-order valence-electron chi connectivity index (χ4n) is 2.97. The van der Waals surface area contributed by atoms with E-state index in [1.807, 2.05) is 42.7 Å². The van der Waals surface area contributed by atoms with Crippen molar-refractivity contribution in [2.24, 2.45) is 0 Å². The maximum atomic E-state index is 4.66. The number of hydrogen-bond acceptors (Lipinski definition) is 7. The maximum Gasteiger partial charge on any atom is 0.227 e. The molecule has 1 saturated heterocycles. The molecule has 0 aliphatic carbocycles. The largest absolute Gasteiger partial charge is 0.366 e. The molecule has 4 rings (SSSR count). The SMILES string of the molecule is c1ccc(N2CCN(c3nccc(NCc4cccnc4)n3)CC2)nc1. The zero-order valence-electron chi connectivity index (χ0n) is 14.5. The van der Waals surface area contributed by atoms with Gasteiger partial charge in [-0.1, -0.05) is 12.1 Å². The summed E-state index contributed by atoms with van der Waals surface area (Å²) in [4.78, 5) is 22.2. The molecule has 0 unspecified atom stereocenters. The molecule has 0 radical (unpaired) electrons. The zero-order chi connectivity index (χ0) is 17.6. The van der Waals surface area contributed by atoms with Crippen LogP contribution in [0.4, 0.5) is 17.6 Å². The minimum atomic E-state index is 0.692. The van der Waals surface area contributed by atoms with E-state index in [9.17, 15) is 0 Å². The van der Waals surface area contributed by atoms with E-state index in [0.717, 1.165) is 49.3 Å². The van der Waals surface area contributed by atoms with Gasteiger partial charge >= 0.3 is 0 Å². The van der Waals surface area contributed by atoms with E-state index in [2.05, 4.69) is 41.1 Å². The molecule has 1 fully saturated rings. The second kappa shape index (κ2) is 7.77. The van der Waals surface area contributed by atoms with E-state index in [1.165, 1.54) is 0 Å². The third-order valence-electron chi connectivity index (χ3n) is 4.38. The molecule has 0 spiro atoms. The van der Waals surface area contributed by atoms with Gasteiger partial charge in [0.05, 0.1) is 0 Å². The maximum absolute atomic E-state index is 4.66. The average Bonchev–Trinajstić information content (AvgIpc) is 2.74. The van der Waals surface area contributed by atoms with Gasteiger partial charge < -0.3 is 15.1 Å². The van der Waals surface area contributed by atoms with Crippen molar-refractivity contribution in [3.8, 4) is 0 Å². The van der Waals surface area contributed by atoms with E-state index >= 15 is 0 Å². The Hall–Kier alpha value is -3.22. The summed E-state index contributed by atoms with van der Waals surface area (Å²) in [5, 5.41) is 3.34. The van der Waals surface area contributed by atoms with Crippen molar-refractivity contribution in [3.63, 3.8) is 0 Å². The molecule has 26 heavy (non-hydrogen) atoms. The number of nitrogens with one attached hydrogen (secondary N) is 1. The Balaban J connectivity index is 1.36. The van der Waals surface area contributed by atoms with Gasteiger partial charge in [-0.05, 0) is 29.8 Å². The van der Waals surface area contributed by atoms with Crippen LogP contribution >= 0.6 is 0 Å². The smallest absolute Gasteiger partial charge is 0.227 e. The van der Waals surface area contributed by atoms with Crippen LogP contribution in [0.25, 0.3) is 0 Å². The minimum Gasteiger partial charge on any atom is -0.366 e. The first-order valence-electron chi connectivity index (χ1n) is 8.75. The van der Waals surface area contributed by atoms with Crippen LogP contribution in [0.2, 0.25) is 0 Å². The Morgan fingerprint density at radius 2 is 1.73 bits per heavy atom. The molecule has 0 bridgehead atoms. The molecule has 0 atom stereocenters. The quantitative estimate of drug-likeness (QED) is 0.759. The second-order valence-corrected chi connectivity index (χ2v) is 6.12. The van der Waals surface area contributed by atoms with Gasteiger partial charge in [-0.3, -0.25) is 4.98 Å². The topological polar surface area (TPSA) is 70.1 Å². The summed E-state index contributed by atoms with van der Waals surface area (Å²) >= 11 is 0. The molecular formula is C19H21N7. The Morgan fingerprint density at radius 1 is 0.846 bits per heavy atom. The van der Waals surface area contributed by atoms with Crippen LogP contribution in [0, 0.1) is 0 Å². The number of piperazine rings is 1. The Kier molecular flexibility index (Phi) is 4.86. The average molecular weight is 347 g/mol. The highest BCUT2D eigenvalue weighted by molar-refractivity contribution is 5.45. The van der Waals surface area contributed by atoms with E-state index in [0.29, 0.717) is 6.54 Å². The van der Waals surface area contributed by atoms with Gasteiger partial charge in [0, 0.05) is 57.5 Å². The number of pyridine rings is 2. The molecule has 1 N–H and O–H groups in total. The van der Waals surface area contributed by atoms with Crippen LogP contribution in [0.5, 0.6) is 0 Å². The first-order valence-corrected chi connectivity index (χ1v) is 8.75. The van der Waals surface area contributed by atoms with Crippen LogP contribution in [0.3, 0.4) is 0 Å². The van der Waals surface area contributed by atoms with Crippen LogP contribution in [0.1, 0.15) is 5.56 Å². The fourth-order valence-corrected chi connectivity index (χ4v) is 2.97. The van der Waals surface area contributed by atoms with Crippen molar-refractivity contribution in [1.29, 1.82) is 0 Å². The van der Waals surface area contributed by atoms with Gasteiger partial charge in [-0.25, -0.2) is 9.97 Å². The highest BCUT2D eigenvalue weighted by Gasteiger charge is 2.19. The van der Waals surface area contributed by atoms with Gasteiger partial charge in [-0.15, -0.1) is 0 Å². The van der Waals surface area contributed by atoms with E-state index in [1.54, 1.807) is 12.4 Å². The van der Waals surface area contributed by atoms with Gasteiger partial charge in [0.1, 0.15) is 11.6 Å². The molecule has 0 saturated carbocycles. The molecule has 132 valence electrons. The van der Waals surface area contributed by atoms with Crippen molar-refractivity contribution < 1.29 is 0 Å². The third kappa shape index (κ3) is 3.88. The third-order valence-corrected chi connectivity index (χ3v) is 4.38. The lowest BCUT2D eigenvalue weighted by atomic mass is 10.3. The lowest BCUT2D eigenvalue weighted by molar-refractivity contribution is 0.635. The highest BCUT2D eigenvalue weighted by Crippen LogP contribution is 2.17. The van der Waals surface area contributed by atoms with Crippen LogP contribution in [-0.2, 0) is 6.54 Å². The van der Waals surface area contributed by atoms with Gasteiger partial charge in [0.2, 0.25) is 5.95 Å². The molecule has 0 amide bonds. The Bertz CT molecular complexity index is 818. The number of aromatic nitrogens is 4. The van der Waals surface area contributed by atoms with Crippen molar-refractivity contribution >= 4 is 17.6 Å². The Labute approximate surface area is 152 Å². The number of hydrogen-bond donors (Lipinski definition) is 1. The van der Waals surface area contributed by atoms with Gasteiger partial charge in [-0.2, -0.15) is 4.98 Å². The van der Waals surface area contributed by atoms with Gasteiger partial charge in [0.25, 0.3) is 0 Å². The van der Waals surface area contributed by atoms with Crippen molar-refractivity contribution in [3.05, 3.63) is 66.7 Å². The molecule has 3 aromatic rings. The zero-order valence-corrected chi connectivity index (χ0v) is 14.5. The monoisotopic (exact) mass is 347 g/mol.